The molecule has 1 aliphatic rings. The van der Waals surface area contributed by atoms with Gasteiger partial charge in [-0.2, -0.15) is 10.2 Å². The Balaban J connectivity index is 1.29. The maximum atomic E-state index is 13.3. The van der Waals surface area contributed by atoms with Gasteiger partial charge in [0.1, 0.15) is 24.5 Å². The van der Waals surface area contributed by atoms with Crippen LogP contribution in [0.5, 0.6) is 0 Å². The Morgan fingerprint density at radius 3 is 2.38 bits per heavy atom. The summed E-state index contributed by atoms with van der Waals surface area (Å²) in [5, 5.41) is 14.2. The van der Waals surface area contributed by atoms with Crippen molar-refractivity contribution in [1.29, 1.82) is 0 Å². The number of benzene rings is 2. The maximum Gasteiger partial charge on any atom is 0.276 e. The summed E-state index contributed by atoms with van der Waals surface area (Å²) in [6.07, 6.45) is 5.38. The molecular weight excluding hydrogens is 437 g/mol. The molecular formula is C24H22FN7O2. The lowest BCUT2D eigenvalue weighted by atomic mass is 10.2. The van der Waals surface area contributed by atoms with Gasteiger partial charge in [0.05, 0.1) is 5.69 Å². The number of nitrogens with zero attached hydrogens (tertiary/aromatic N) is 5. The summed E-state index contributed by atoms with van der Waals surface area (Å²) >= 11 is 0. The van der Waals surface area contributed by atoms with E-state index < -0.39 is 6.04 Å². The first-order valence-corrected chi connectivity index (χ1v) is 10.9. The summed E-state index contributed by atoms with van der Waals surface area (Å²) in [5.41, 5.74) is 4.17. The van der Waals surface area contributed by atoms with Gasteiger partial charge < -0.3 is 10.6 Å². The molecule has 1 aliphatic carbocycles. The quantitative estimate of drug-likeness (QED) is 0.459. The second-order valence-corrected chi connectivity index (χ2v) is 8.09. The van der Waals surface area contributed by atoms with E-state index in [1.165, 1.54) is 29.5 Å². The number of halogens is 1. The van der Waals surface area contributed by atoms with Crippen LogP contribution in [0.4, 0.5) is 15.8 Å². The van der Waals surface area contributed by atoms with Crippen molar-refractivity contribution in [2.24, 2.45) is 0 Å². The molecule has 0 radical (unpaired) electrons. The third-order valence-corrected chi connectivity index (χ3v) is 5.84. The van der Waals surface area contributed by atoms with Crippen LogP contribution >= 0.6 is 0 Å². The van der Waals surface area contributed by atoms with Gasteiger partial charge in [0.2, 0.25) is 5.91 Å². The average molecular weight is 459 g/mol. The summed E-state index contributed by atoms with van der Waals surface area (Å²) in [6, 6.07) is 12.4. The number of fused-ring (bicyclic) bond motifs is 1. The molecule has 34 heavy (non-hydrogen) atoms. The van der Waals surface area contributed by atoms with Crippen LogP contribution < -0.4 is 10.6 Å². The first kappa shape index (κ1) is 21.5. The average Bonchev–Trinajstić information content (AvgIpc) is 3.59. The monoisotopic (exact) mass is 459 g/mol. The molecule has 0 aliphatic heterocycles. The summed E-state index contributed by atoms with van der Waals surface area (Å²) in [7, 11) is 0. The van der Waals surface area contributed by atoms with Crippen LogP contribution in [-0.4, -0.2) is 36.4 Å². The van der Waals surface area contributed by atoms with Crippen molar-refractivity contribution >= 4 is 23.2 Å². The standard InChI is InChI=1S/C24H22FN7O2/c1-15(31-14-26-13-27-31)23(33)28-17-7-9-18(10-8-17)29-24(34)22-20-3-2-4-21(20)32(30-22)19-11-5-16(25)6-12-19/h5-15H,2-4H2,1H3,(H,28,33)(H,29,34). The topological polar surface area (TPSA) is 107 Å². The van der Waals surface area contributed by atoms with Crippen molar-refractivity contribution in [3.63, 3.8) is 0 Å². The van der Waals surface area contributed by atoms with Gasteiger partial charge in [0.15, 0.2) is 5.69 Å². The lowest BCUT2D eigenvalue weighted by Gasteiger charge is -2.12. The minimum atomic E-state index is -0.514. The van der Waals surface area contributed by atoms with E-state index in [-0.39, 0.29) is 17.6 Å². The van der Waals surface area contributed by atoms with E-state index in [1.807, 2.05) is 0 Å². The molecule has 10 heteroatoms. The predicted octanol–water partition coefficient (Wildman–Crippen LogP) is 3.54. The largest absolute Gasteiger partial charge is 0.324 e. The number of carbonyl (C=O) groups is 2. The third-order valence-electron chi connectivity index (χ3n) is 5.84. The fraction of sp³-hybridized carbons (Fsp3) is 0.208. The van der Waals surface area contributed by atoms with Crippen molar-refractivity contribution in [3.8, 4) is 5.69 Å². The molecule has 9 nitrogen and oxygen atoms in total. The summed E-state index contributed by atoms with van der Waals surface area (Å²) < 4.78 is 16.5. The number of amides is 2. The molecule has 0 saturated heterocycles. The van der Waals surface area contributed by atoms with Crippen LogP contribution in [0.2, 0.25) is 0 Å². The number of carbonyl (C=O) groups excluding carboxylic acids is 2. The fourth-order valence-electron chi connectivity index (χ4n) is 4.03. The van der Waals surface area contributed by atoms with Crippen molar-refractivity contribution in [2.45, 2.75) is 32.2 Å². The molecule has 2 N–H and O–H groups in total. The minimum Gasteiger partial charge on any atom is -0.324 e. The molecule has 0 bridgehead atoms. The van der Waals surface area contributed by atoms with E-state index >= 15 is 0 Å². The van der Waals surface area contributed by atoms with E-state index in [1.54, 1.807) is 48.0 Å². The SMILES string of the molecule is CC(C(=O)Nc1ccc(NC(=O)c2nn(-c3ccc(F)cc3)c3c2CCC3)cc1)n1cncn1. The lowest BCUT2D eigenvalue weighted by molar-refractivity contribution is -0.119. The van der Waals surface area contributed by atoms with Gasteiger partial charge >= 0.3 is 0 Å². The zero-order chi connectivity index (χ0) is 23.7. The van der Waals surface area contributed by atoms with Gasteiger partial charge in [0.25, 0.3) is 5.91 Å². The van der Waals surface area contributed by atoms with Gasteiger partial charge in [0, 0.05) is 22.6 Å². The molecule has 4 aromatic rings. The highest BCUT2D eigenvalue weighted by molar-refractivity contribution is 6.04. The van der Waals surface area contributed by atoms with Crippen molar-refractivity contribution in [2.75, 3.05) is 10.6 Å². The highest BCUT2D eigenvalue weighted by atomic mass is 19.1. The number of hydrogen-bond donors (Lipinski definition) is 2. The second-order valence-electron chi connectivity index (χ2n) is 8.09. The van der Waals surface area contributed by atoms with Gasteiger partial charge in [-0.05, 0) is 74.7 Å². The van der Waals surface area contributed by atoms with E-state index in [2.05, 4.69) is 25.8 Å². The number of aromatic nitrogens is 5. The molecule has 0 fully saturated rings. The van der Waals surface area contributed by atoms with Crippen LogP contribution in [-0.2, 0) is 17.6 Å². The normalized spacial score (nSPS) is 13.4. The number of anilines is 2. The molecule has 0 saturated carbocycles. The number of hydrogen-bond acceptors (Lipinski definition) is 5. The first-order chi connectivity index (χ1) is 16.5. The predicted molar refractivity (Wildman–Crippen MR) is 123 cm³/mol. The lowest BCUT2D eigenvalue weighted by Crippen LogP contribution is -2.24. The molecule has 2 heterocycles. The van der Waals surface area contributed by atoms with Crippen LogP contribution in [0.3, 0.4) is 0 Å². The molecule has 5 rings (SSSR count). The zero-order valence-corrected chi connectivity index (χ0v) is 18.4. The van der Waals surface area contributed by atoms with E-state index in [0.717, 1.165) is 36.2 Å². The Kier molecular flexibility index (Phi) is 5.62. The highest BCUT2D eigenvalue weighted by Gasteiger charge is 2.27. The molecule has 2 amide bonds. The van der Waals surface area contributed by atoms with E-state index in [0.29, 0.717) is 17.1 Å². The van der Waals surface area contributed by atoms with E-state index in [4.69, 9.17) is 0 Å². The Morgan fingerprint density at radius 1 is 1.00 bits per heavy atom. The van der Waals surface area contributed by atoms with Gasteiger partial charge in [-0.1, -0.05) is 0 Å². The number of nitrogens with one attached hydrogen (secondary N) is 2. The summed E-state index contributed by atoms with van der Waals surface area (Å²) in [5.74, 6) is -0.863. The molecule has 1 atom stereocenters. The summed E-state index contributed by atoms with van der Waals surface area (Å²) in [6.45, 7) is 1.72. The second kappa shape index (κ2) is 8.89. The van der Waals surface area contributed by atoms with Crippen molar-refractivity contribution < 1.29 is 14.0 Å². The molecule has 0 spiro atoms. The van der Waals surface area contributed by atoms with Crippen molar-refractivity contribution in [3.05, 3.63) is 84.0 Å². The van der Waals surface area contributed by atoms with E-state index in [9.17, 15) is 14.0 Å². The minimum absolute atomic E-state index is 0.232. The maximum absolute atomic E-state index is 13.3. The zero-order valence-electron chi connectivity index (χ0n) is 18.4. The van der Waals surface area contributed by atoms with Crippen LogP contribution in [0.15, 0.2) is 61.2 Å². The summed E-state index contributed by atoms with van der Waals surface area (Å²) in [4.78, 5) is 29.3. The van der Waals surface area contributed by atoms with Gasteiger partial charge in [-0.15, -0.1) is 0 Å². The van der Waals surface area contributed by atoms with Crippen molar-refractivity contribution in [1.82, 2.24) is 24.5 Å². The highest BCUT2D eigenvalue weighted by Crippen LogP contribution is 2.28. The first-order valence-electron chi connectivity index (χ1n) is 10.9. The molecule has 172 valence electrons. The molecule has 2 aromatic heterocycles. The third kappa shape index (κ3) is 4.17. The molecule has 2 aromatic carbocycles. The Bertz CT molecular complexity index is 1330. The van der Waals surface area contributed by atoms with Crippen LogP contribution in [0.25, 0.3) is 5.69 Å². The number of rotatable bonds is 6. The van der Waals surface area contributed by atoms with Gasteiger partial charge in [-0.3, -0.25) is 9.59 Å². The van der Waals surface area contributed by atoms with Crippen LogP contribution in [0.1, 0.15) is 41.1 Å². The Labute approximate surface area is 194 Å². The Hall–Kier alpha value is -4.34. The Morgan fingerprint density at radius 2 is 1.71 bits per heavy atom. The fourth-order valence-corrected chi connectivity index (χ4v) is 4.03. The molecule has 1 unspecified atom stereocenters. The van der Waals surface area contributed by atoms with Crippen LogP contribution in [0, 0.1) is 5.82 Å². The smallest absolute Gasteiger partial charge is 0.276 e. The van der Waals surface area contributed by atoms with Gasteiger partial charge in [-0.25, -0.2) is 18.7 Å².